The number of ether oxygens (including phenoxy) is 1. The summed E-state index contributed by atoms with van der Waals surface area (Å²) >= 11 is 0. The van der Waals surface area contributed by atoms with Crippen LogP contribution in [0.25, 0.3) is 10.8 Å². The molecule has 0 amide bonds. The van der Waals surface area contributed by atoms with Crippen molar-refractivity contribution in [2.75, 3.05) is 6.61 Å². The summed E-state index contributed by atoms with van der Waals surface area (Å²) < 4.78 is 4.96. The van der Waals surface area contributed by atoms with Gasteiger partial charge in [-0.15, -0.1) is 0 Å². The predicted molar refractivity (Wildman–Crippen MR) is 63.9 cm³/mol. The Kier molecular flexibility index (Phi) is 3.14. The number of hydrogen-bond donors (Lipinski definition) is 1. The molecule has 2 rings (SSSR count). The highest BCUT2D eigenvalue weighted by Crippen LogP contribution is 2.26. The monoisotopic (exact) mass is 229 g/mol. The summed E-state index contributed by atoms with van der Waals surface area (Å²) in [6.45, 7) is 2.09. The zero-order valence-electron chi connectivity index (χ0n) is 9.51. The van der Waals surface area contributed by atoms with Gasteiger partial charge in [0.1, 0.15) is 5.69 Å². The Labute approximate surface area is 98.7 Å². The second kappa shape index (κ2) is 4.74. The molecule has 0 unspecified atom stereocenters. The topological polar surface area (TPSA) is 64.2 Å². The summed E-state index contributed by atoms with van der Waals surface area (Å²) in [5, 5.41) is 5.57. The van der Waals surface area contributed by atoms with E-state index in [1.54, 1.807) is 19.1 Å². The number of fused-ring (bicyclic) bond motifs is 1. The maximum absolute atomic E-state index is 11.7. The molecule has 4 nitrogen and oxygen atoms in total. The Morgan fingerprint density at radius 2 is 1.94 bits per heavy atom. The predicted octanol–water partition coefficient (Wildman–Crippen LogP) is 1.86. The highest BCUT2D eigenvalue weighted by atomic mass is 16.5. The first-order valence-electron chi connectivity index (χ1n) is 5.37. The molecule has 2 aromatic carbocycles. The van der Waals surface area contributed by atoms with Gasteiger partial charge in [0.15, 0.2) is 0 Å². The van der Waals surface area contributed by atoms with Gasteiger partial charge in [-0.05, 0) is 34.9 Å². The molecule has 4 heteroatoms. The molecule has 86 valence electrons. The van der Waals surface area contributed by atoms with E-state index in [1.807, 2.05) is 24.3 Å². The molecule has 0 aliphatic heterocycles. The van der Waals surface area contributed by atoms with Gasteiger partial charge >= 0.3 is 5.97 Å². The van der Waals surface area contributed by atoms with Gasteiger partial charge in [-0.25, -0.2) is 4.79 Å². The molecule has 0 fully saturated rings. The van der Waals surface area contributed by atoms with Crippen molar-refractivity contribution in [3.8, 4) is 0 Å². The Bertz CT molecular complexity index is 579. The van der Waals surface area contributed by atoms with Gasteiger partial charge in [0, 0.05) is 0 Å². The SMILES string of the molecule is CCOC(=O)c1cc2ccccc2cc1N=[NH2+]. The second-order valence-corrected chi connectivity index (χ2v) is 3.57. The smallest absolute Gasteiger partial charge is 0.340 e. The molecule has 0 aliphatic rings. The molecule has 0 aliphatic carbocycles. The lowest BCUT2D eigenvalue weighted by atomic mass is 10.1. The molecule has 0 atom stereocenters. The van der Waals surface area contributed by atoms with Gasteiger partial charge in [0.25, 0.3) is 0 Å². The molecule has 0 spiro atoms. The van der Waals surface area contributed by atoms with Crippen LogP contribution in [0.1, 0.15) is 17.3 Å². The number of rotatable bonds is 3. The minimum absolute atomic E-state index is 0.329. The van der Waals surface area contributed by atoms with E-state index in [1.165, 1.54) is 0 Å². The van der Waals surface area contributed by atoms with Crippen LogP contribution in [0.2, 0.25) is 0 Å². The van der Waals surface area contributed by atoms with Gasteiger partial charge < -0.3 is 4.74 Å². The third kappa shape index (κ3) is 2.15. The second-order valence-electron chi connectivity index (χ2n) is 3.57. The normalized spacial score (nSPS) is 10.2. The van der Waals surface area contributed by atoms with Crippen molar-refractivity contribution in [3.05, 3.63) is 42.0 Å². The summed E-state index contributed by atoms with van der Waals surface area (Å²) in [7, 11) is 0. The summed E-state index contributed by atoms with van der Waals surface area (Å²) in [6, 6.07) is 11.2. The van der Waals surface area contributed by atoms with Crippen molar-refractivity contribution in [2.45, 2.75) is 6.92 Å². The number of benzene rings is 2. The van der Waals surface area contributed by atoms with Crippen LogP contribution in [0, 0.1) is 0 Å². The zero-order valence-corrected chi connectivity index (χ0v) is 9.51. The van der Waals surface area contributed by atoms with Gasteiger partial charge in [-0.1, -0.05) is 24.3 Å². The zero-order chi connectivity index (χ0) is 12.3. The van der Waals surface area contributed by atoms with E-state index in [2.05, 4.69) is 5.11 Å². The maximum atomic E-state index is 11.7. The lowest BCUT2D eigenvalue weighted by Crippen LogP contribution is -2.22. The Balaban J connectivity index is 2.60. The number of nitrogens with two attached hydrogens (primary N) is 1. The van der Waals surface area contributed by atoms with Crippen molar-refractivity contribution < 1.29 is 15.1 Å². The van der Waals surface area contributed by atoms with Crippen molar-refractivity contribution in [1.29, 1.82) is 0 Å². The molecule has 0 saturated carbocycles. The van der Waals surface area contributed by atoms with Crippen molar-refractivity contribution >= 4 is 22.4 Å². The van der Waals surface area contributed by atoms with Gasteiger partial charge in [0.05, 0.1) is 12.2 Å². The van der Waals surface area contributed by atoms with Crippen molar-refractivity contribution in [1.82, 2.24) is 0 Å². The van der Waals surface area contributed by atoms with E-state index < -0.39 is 5.97 Å². The number of hydrogen-bond acceptors (Lipinski definition) is 3. The first-order valence-corrected chi connectivity index (χ1v) is 5.37. The largest absolute Gasteiger partial charge is 0.462 e. The molecule has 0 saturated heterocycles. The summed E-state index contributed by atoms with van der Waals surface area (Å²) in [5.74, 6) is -0.401. The van der Waals surface area contributed by atoms with Crippen LogP contribution in [0.3, 0.4) is 0 Å². The van der Waals surface area contributed by atoms with Crippen molar-refractivity contribution in [3.63, 3.8) is 0 Å². The van der Waals surface area contributed by atoms with Crippen LogP contribution in [0.15, 0.2) is 41.5 Å². The fourth-order valence-electron chi connectivity index (χ4n) is 1.71. The fourth-order valence-corrected chi connectivity index (χ4v) is 1.71. The number of carbonyl (C=O) groups excluding carboxylic acids is 1. The summed E-state index contributed by atoms with van der Waals surface area (Å²) in [4.78, 5) is 11.7. The third-order valence-electron chi connectivity index (χ3n) is 2.50. The van der Waals surface area contributed by atoms with E-state index in [0.29, 0.717) is 17.9 Å². The molecule has 2 N–H and O–H groups in total. The average molecular weight is 229 g/mol. The quantitative estimate of drug-likeness (QED) is 0.645. The minimum Gasteiger partial charge on any atom is -0.462 e. The molecule has 17 heavy (non-hydrogen) atoms. The number of esters is 1. The van der Waals surface area contributed by atoms with Gasteiger partial charge in [-0.2, -0.15) is 5.53 Å². The average Bonchev–Trinajstić information content (AvgIpc) is 2.37. The highest BCUT2D eigenvalue weighted by Gasteiger charge is 2.14. The molecule has 0 aromatic heterocycles. The Hall–Kier alpha value is -2.23. The maximum Gasteiger partial charge on any atom is 0.340 e. The Morgan fingerprint density at radius 1 is 1.29 bits per heavy atom. The van der Waals surface area contributed by atoms with E-state index in [4.69, 9.17) is 10.3 Å². The minimum atomic E-state index is -0.401. The van der Waals surface area contributed by atoms with Crippen LogP contribution in [0.4, 0.5) is 5.69 Å². The first-order chi connectivity index (χ1) is 8.26. The van der Waals surface area contributed by atoms with Crippen LogP contribution in [-0.2, 0) is 4.74 Å². The van der Waals surface area contributed by atoms with E-state index >= 15 is 0 Å². The first kappa shape index (κ1) is 11.3. The van der Waals surface area contributed by atoms with Crippen LogP contribution < -0.4 is 5.53 Å². The molecule has 2 aromatic rings. The van der Waals surface area contributed by atoms with Crippen molar-refractivity contribution in [2.24, 2.45) is 5.11 Å². The fraction of sp³-hybridized carbons (Fsp3) is 0.154. The van der Waals surface area contributed by atoms with E-state index in [-0.39, 0.29) is 0 Å². The van der Waals surface area contributed by atoms with Gasteiger partial charge in [0.2, 0.25) is 0 Å². The molecule has 0 bridgehead atoms. The van der Waals surface area contributed by atoms with Crippen LogP contribution in [-0.4, -0.2) is 12.6 Å². The van der Waals surface area contributed by atoms with E-state index in [0.717, 1.165) is 10.8 Å². The van der Waals surface area contributed by atoms with Crippen LogP contribution in [0.5, 0.6) is 0 Å². The lowest BCUT2D eigenvalue weighted by Gasteiger charge is -2.05. The third-order valence-corrected chi connectivity index (χ3v) is 2.50. The summed E-state index contributed by atoms with van der Waals surface area (Å²) in [5.41, 5.74) is 6.14. The number of nitrogens with zero attached hydrogens (tertiary/aromatic N) is 1. The molecular weight excluding hydrogens is 216 g/mol. The van der Waals surface area contributed by atoms with Crippen LogP contribution >= 0.6 is 0 Å². The standard InChI is InChI=1S/C13H12N2O2/c1-2-17-13(16)11-7-9-5-3-4-6-10(9)8-12(11)15-14/h3-8,14H,2H2,1H3/p+1. The molecule has 0 heterocycles. The molecule has 0 radical (unpaired) electrons. The van der Waals surface area contributed by atoms with Gasteiger partial charge in [-0.3, -0.25) is 0 Å². The highest BCUT2D eigenvalue weighted by molar-refractivity contribution is 6.00. The van der Waals surface area contributed by atoms with E-state index in [9.17, 15) is 4.79 Å². The molecular formula is C13H13N2O2+. The lowest BCUT2D eigenvalue weighted by molar-refractivity contribution is -0.210. The Morgan fingerprint density at radius 3 is 2.53 bits per heavy atom. The number of carbonyl (C=O) groups is 1. The summed E-state index contributed by atoms with van der Waals surface area (Å²) in [6.07, 6.45) is 0.